The van der Waals surface area contributed by atoms with Crippen molar-refractivity contribution in [3.8, 4) is 11.5 Å². The fourth-order valence-corrected chi connectivity index (χ4v) is 9.21. The Morgan fingerprint density at radius 3 is 2.26 bits per heavy atom. The maximum atomic E-state index is 14.3. The zero-order chi connectivity index (χ0) is 33.4. The number of alkyl halides is 3. The molecule has 2 heterocycles. The fourth-order valence-electron chi connectivity index (χ4n) is 7.79. The van der Waals surface area contributed by atoms with Crippen molar-refractivity contribution in [2.45, 2.75) is 28.5 Å². The van der Waals surface area contributed by atoms with E-state index in [4.69, 9.17) is 27.9 Å². The Morgan fingerprint density at radius 2 is 1.62 bits per heavy atom. The van der Waals surface area contributed by atoms with Crippen molar-refractivity contribution in [2.75, 3.05) is 17.5 Å². The van der Waals surface area contributed by atoms with Crippen molar-refractivity contribution in [1.82, 2.24) is 4.90 Å². The number of imide groups is 2. The van der Waals surface area contributed by atoms with Gasteiger partial charge in [0.25, 0.3) is 11.8 Å². The summed E-state index contributed by atoms with van der Waals surface area (Å²) in [7, 11) is 1.40. The van der Waals surface area contributed by atoms with Crippen molar-refractivity contribution in [2.24, 2.45) is 17.8 Å². The Morgan fingerprint density at radius 1 is 0.936 bits per heavy atom. The zero-order valence-electron chi connectivity index (χ0n) is 24.9. The van der Waals surface area contributed by atoms with Gasteiger partial charge in [-0.1, -0.05) is 64.0 Å². The van der Waals surface area contributed by atoms with Crippen LogP contribution in [0.3, 0.4) is 0 Å². The highest BCUT2D eigenvalue weighted by Gasteiger charge is 2.76. The summed E-state index contributed by atoms with van der Waals surface area (Å²) in [5.41, 5.74) is 2.10. The number of methoxy groups -OCH3 is 1. The normalized spacial score (nSPS) is 29.7. The third-order valence-electron chi connectivity index (χ3n) is 9.97. The van der Waals surface area contributed by atoms with Crippen LogP contribution in [0.1, 0.15) is 40.2 Å². The molecule has 4 amide bonds. The fraction of sp³-hybridized carbons (Fsp3) is 0.286. The number of phenols is 1. The van der Waals surface area contributed by atoms with Crippen LogP contribution in [0.15, 0.2) is 84.4 Å². The third kappa shape index (κ3) is 4.37. The second-order valence-electron chi connectivity index (χ2n) is 12.2. The minimum atomic E-state index is -1.98. The largest absolute Gasteiger partial charge is 0.504 e. The van der Waals surface area contributed by atoms with Crippen LogP contribution in [0.25, 0.3) is 0 Å². The van der Waals surface area contributed by atoms with E-state index in [1.165, 1.54) is 19.2 Å². The number of allylic oxidation sites excluding steroid dienone is 2. The predicted molar refractivity (Wildman–Crippen MR) is 177 cm³/mol. The third-order valence-corrected chi connectivity index (χ3v) is 11.9. The second-order valence-corrected chi connectivity index (χ2v) is 13.9. The van der Waals surface area contributed by atoms with Crippen molar-refractivity contribution in [1.29, 1.82) is 0 Å². The minimum Gasteiger partial charge on any atom is -0.504 e. The number of rotatable bonds is 6. The van der Waals surface area contributed by atoms with Gasteiger partial charge in [-0.05, 0) is 60.7 Å². The number of nitrogens with zero attached hydrogens (tertiary/aromatic N) is 2. The summed E-state index contributed by atoms with van der Waals surface area (Å²) in [4.78, 5) is 67.0. The summed E-state index contributed by atoms with van der Waals surface area (Å²) in [5.74, 6) is -5.84. The molecule has 2 saturated heterocycles. The smallest absolute Gasteiger partial charge is 0.254 e. The molecule has 240 valence electrons. The van der Waals surface area contributed by atoms with Crippen LogP contribution in [0.5, 0.6) is 11.5 Å². The monoisotopic (exact) mass is 736 g/mol. The number of aromatic hydroxyl groups is 1. The average Bonchev–Trinajstić information content (AvgIpc) is 3.42. The predicted octanol–water partition coefficient (Wildman–Crippen LogP) is 5.55. The number of halogens is 3. The van der Waals surface area contributed by atoms with Crippen LogP contribution >= 0.6 is 39.1 Å². The number of likely N-dealkylation sites (tertiary alicyclic amines) is 1. The van der Waals surface area contributed by atoms with Gasteiger partial charge in [-0.15, -0.1) is 23.2 Å². The highest BCUT2D eigenvalue weighted by Crippen LogP contribution is 2.65. The van der Waals surface area contributed by atoms with Crippen molar-refractivity contribution in [3.63, 3.8) is 0 Å². The van der Waals surface area contributed by atoms with Crippen LogP contribution in [-0.2, 0) is 19.2 Å². The van der Waals surface area contributed by atoms with Gasteiger partial charge in [0.15, 0.2) is 27.0 Å². The summed E-state index contributed by atoms with van der Waals surface area (Å²) in [6, 6.07) is 19.7. The molecule has 2 aliphatic heterocycles. The van der Waals surface area contributed by atoms with E-state index in [0.29, 0.717) is 28.0 Å². The van der Waals surface area contributed by atoms with Crippen molar-refractivity contribution < 1.29 is 33.8 Å². The average molecular weight is 738 g/mol. The van der Waals surface area contributed by atoms with Gasteiger partial charge in [-0.2, -0.15) is 0 Å². The number of hydrogen-bond acceptors (Lipinski definition) is 7. The quantitative estimate of drug-likeness (QED) is 0.116. The molecule has 47 heavy (non-hydrogen) atoms. The SMILES string of the molecule is COc1ccc([C@H]2C3=CC[C@@H]4C(=O)N(c5ccc(C(=O)c6ccccc6)cc5)C(=O)[C@@H]4[C@@H]3C[C@@]3(Cl)C(=O)N(CBr)C(=O)[C@@]23Cl)cc1O. The van der Waals surface area contributed by atoms with E-state index in [0.717, 1.165) is 9.80 Å². The van der Waals surface area contributed by atoms with Gasteiger partial charge in [0.2, 0.25) is 11.8 Å². The molecule has 3 aromatic rings. The molecular formula is C35H27BrCl2N2O7. The van der Waals surface area contributed by atoms with E-state index < -0.39 is 57.0 Å². The highest BCUT2D eigenvalue weighted by atomic mass is 79.9. The molecule has 6 atom stereocenters. The Balaban J connectivity index is 1.29. The summed E-state index contributed by atoms with van der Waals surface area (Å²) in [5, 5.41) is 10.7. The zero-order valence-corrected chi connectivity index (χ0v) is 28.0. The summed E-state index contributed by atoms with van der Waals surface area (Å²) in [6.45, 7) is 0. The van der Waals surface area contributed by atoms with Gasteiger partial charge in [-0.25, -0.2) is 0 Å². The second kappa shape index (κ2) is 11.3. The molecule has 0 unspecified atom stereocenters. The van der Waals surface area contributed by atoms with Gasteiger partial charge in [-0.3, -0.25) is 33.8 Å². The van der Waals surface area contributed by atoms with E-state index in [2.05, 4.69) is 15.9 Å². The Labute approximate surface area is 288 Å². The summed E-state index contributed by atoms with van der Waals surface area (Å²) in [6.07, 6.45) is 1.85. The van der Waals surface area contributed by atoms with Gasteiger partial charge >= 0.3 is 0 Å². The van der Waals surface area contributed by atoms with Crippen LogP contribution in [0.2, 0.25) is 0 Å². The maximum Gasteiger partial charge on any atom is 0.254 e. The molecule has 0 radical (unpaired) electrons. The number of hydrogen-bond donors (Lipinski definition) is 1. The first-order valence-electron chi connectivity index (χ1n) is 14.9. The number of anilines is 1. The van der Waals surface area contributed by atoms with E-state index >= 15 is 0 Å². The molecule has 0 bridgehead atoms. The molecule has 0 spiro atoms. The van der Waals surface area contributed by atoms with E-state index in [9.17, 15) is 29.1 Å². The topological polar surface area (TPSA) is 121 Å². The molecule has 1 saturated carbocycles. The first-order valence-corrected chi connectivity index (χ1v) is 16.8. The van der Waals surface area contributed by atoms with E-state index in [-0.39, 0.29) is 35.6 Å². The molecular weight excluding hydrogens is 711 g/mol. The molecule has 9 nitrogen and oxygen atoms in total. The lowest BCUT2D eigenvalue weighted by Gasteiger charge is -2.50. The van der Waals surface area contributed by atoms with Crippen molar-refractivity contribution >= 4 is 74.2 Å². The first kappa shape index (κ1) is 31.6. The van der Waals surface area contributed by atoms with Gasteiger partial charge in [0.05, 0.1) is 30.1 Å². The van der Waals surface area contributed by atoms with Gasteiger partial charge < -0.3 is 9.84 Å². The molecule has 4 aliphatic rings. The number of phenolic OH excluding ortho intramolecular Hbond substituents is 1. The lowest BCUT2D eigenvalue weighted by atomic mass is 9.56. The highest BCUT2D eigenvalue weighted by molar-refractivity contribution is 9.09. The number of fused-ring (bicyclic) bond motifs is 4. The summed E-state index contributed by atoms with van der Waals surface area (Å²) >= 11 is 17.7. The first-order chi connectivity index (χ1) is 22.5. The van der Waals surface area contributed by atoms with Gasteiger partial charge in [0, 0.05) is 17.0 Å². The van der Waals surface area contributed by atoms with E-state index in [1.807, 2.05) is 12.1 Å². The number of ketones is 1. The molecule has 1 N–H and O–H groups in total. The molecule has 3 fully saturated rings. The van der Waals surface area contributed by atoms with Crippen LogP contribution in [-0.4, -0.2) is 61.7 Å². The number of ether oxygens (including phenoxy) is 1. The number of carbonyl (C=O) groups is 5. The standard InChI is InChI=1S/C35H27BrCl2N2O7/c1-47-26-14-9-20(15-25(26)41)28-22-12-13-23-27(24(22)16-34(37)32(45)39(17-36)33(46)35(28,34)38)31(44)40(30(23)43)21-10-7-19(8-11-21)29(42)18-5-3-2-4-6-18/h2-12,14-15,23-24,27-28,41H,13,16-17H2,1H3/t23-,24+,27-,28-,34+,35-/m0/s1. The molecule has 3 aromatic carbocycles. The number of amides is 4. The number of benzene rings is 3. The molecule has 12 heteroatoms. The minimum absolute atomic E-state index is 0.141. The molecule has 2 aliphatic carbocycles. The lowest BCUT2D eigenvalue weighted by molar-refractivity contribution is -0.138. The van der Waals surface area contributed by atoms with Crippen LogP contribution < -0.4 is 9.64 Å². The van der Waals surface area contributed by atoms with Gasteiger partial charge in [0.1, 0.15) is 0 Å². The van der Waals surface area contributed by atoms with Crippen LogP contribution in [0, 0.1) is 17.8 Å². The number of carbonyl (C=O) groups excluding carboxylic acids is 5. The lowest BCUT2D eigenvalue weighted by Crippen LogP contribution is -2.60. The molecule has 0 aromatic heterocycles. The van der Waals surface area contributed by atoms with E-state index in [1.54, 1.807) is 54.6 Å². The Kier molecular flexibility index (Phi) is 7.61. The maximum absolute atomic E-state index is 14.3. The van der Waals surface area contributed by atoms with Crippen LogP contribution in [0.4, 0.5) is 5.69 Å². The Bertz CT molecular complexity index is 1900. The Hall–Kier alpha value is -3.99. The summed E-state index contributed by atoms with van der Waals surface area (Å²) < 4.78 is 5.21. The molecule has 7 rings (SSSR count). The van der Waals surface area contributed by atoms with Crippen molar-refractivity contribution in [3.05, 3.63) is 101 Å².